The minimum Gasteiger partial charge on any atom is -0.350 e. The normalized spacial score (nSPS) is 13.5. The van der Waals surface area contributed by atoms with Crippen LogP contribution < -0.4 is 15.5 Å². The summed E-state index contributed by atoms with van der Waals surface area (Å²) in [6.45, 7) is 1.81. The lowest BCUT2D eigenvalue weighted by atomic mass is 10.1. The smallest absolute Gasteiger partial charge is 0.283 e. The fourth-order valence-corrected chi connectivity index (χ4v) is 3.75. The van der Waals surface area contributed by atoms with Crippen LogP contribution in [0.4, 0.5) is 21.5 Å². The van der Waals surface area contributed by atoms with Crippen molar-refractivity contribution in [2.24, 2.45) is 0 Å². The molecule has 4 rings (SSSR count). The number of para-hydroxylation sites is 1. The number of nitrogens with zero attached hydrogens (tertiary/aromatic N) is 1. The molecule has 34 heavy (non-hydrogen) atoms. The van der Waals surface area contributed by atoms with Crippen LogP contribution in [0.15, 0.2) is 77.5 Å². The molecule has 0 spiro atoms. The fourth-order valence-electron chi connectivity index (χ4n) is 3.36. The third kappa shape index (κ3) is 4.81. The summed E-state index contributed by atoms with van der Waals surface area (Å²) in [5, 5.41) is 5.58. The average Bonchev–Trinajstić information content (AvgIpc) is 3.01. The van der Waals surface area contributed by atoms with Gasteiger partial charge in [-0.05, 0) is 54.4 Å². The van der Waals surface area contributed by atoms with E-state index < -0.39 is 17.6 Å². The number of halogens is 3. The van der Waals surface area contributed by atoms with Crippen molar-refractivity contribution >= 4 is 58.0 Å². The highest BCUT2D eigenvalue weighted by Crippen LogP contribution is 2.32. The van der Waals surface area contributed by atoms with Gasteiger partial charge in [0.1, 0.15) is 16.5 Å². The van der Waals surface area contributed by atoms with Gasteiger partial charge in [0.05, 0.1) is 17.8 Å². The number of hydrogen-bond acceptors (Lipinski definition) is 4. The third-order valence-corrected chi connectivity index (χ3v) is 5.93. The zero-order chi connectivity index (χ0) is 24.4. The summed E-state index contributed by atoms with van der Waals surface area (Å²) in [5.41, 5.74) is 2.34. The van der Waals surface area contributed by atoms with Gasteiger partial charge in [-0.15, -0.1) is 0 Å². The lowest BCUT2D eigenvalue weighted by Crippen LogP contribution is -2.32. The van der Waals surface area contributed by atoms with Crippen molar-refractivity contribution in [3.63, 3.8) is 0 Å². The number of rotatable bonds is 6. The molecule has 2 N–H and O–H groups in total. The standard InChI is InChI=1S/C25H18Cl2FN3O3/c1-14-6-11-17(13-18(14)26)31-24(33)22(27)23(25(31)34)29-16-9-7-15(8-10-16)12-21(32)30-20-5-3-2-4-19(20)28/h2-11,13,29H,12H2,1H3,(H,30,32). The fraction of sp³-hybridized carbons (Fsp3) is 0.0800. The molecule has 1 aliphatic heterocycles. The second kappa shape index (κ2) is 9.67. The van der Waals surface area contributed by atoms with E-state index in [0.717, 1.165) is 10.5 Å². The summed E-state index contributed by atoms with van der Waals surface area (Å²) in [5.74, 6) is -2.16. The first-order valence-corrected chi connectivity index (χ1v) is 10.9. The van der Waals surface area contributed by atoms with Crippen molar-refractivity contribution in [3.8, 4) is 0 Å². The van der Waals surface area contributed by atoms with Crippen LogP contribution in [0, 0.1) is 12.7 Å². The molecule has 0 saturated carbocycles. The van der Waals surface area contributed by atoms with Gasteiger partial charge in [-0.1, -0.05) is 53.5 Å². The molecule has 1 heterocycles. The first kappa shape index (κ1) is 23.5. The number of carbonyl (C=O) groups is 3. The van der Waals surface area contributed by atoms with Crippen molar-refractivity contribution in [3.05, 3.63) is 99.4 Å². The molecule has 3 aromatic rings. The van der Waals surface area contributed by atoms with E-state index in [2.05, 4.69) is 10.6 Å². The predicted molar refractivity (Wildman–Crippen MR) is 130 cm³/mol. The largest absolute Gasteiger partial charge is 0.350 e. The lowest BCUT2D eigenvalue weighted by molar-refractivity contribution is -0.120. The van der Waals surface area contributed by atoms with Crippen LogP contribution in [-0.4, -0.2) is 17.7 Å². The molecule has 0 saturated heterocycles. The molecule has 3 amide bonds. The van der Waals surface area contributed by atoms with Crippen molar-refractivity contribution in [1.29, 1.82) is 0 Å². The number of benzene rings is 3. The monoisotopic (exact) mass is 497 g/mol. The van der Waals surface area contributed by atoms with E-state index in [-0.39, 0.29) is 28.7 Å². The number of nitrogens with one attached hydrogen (secondary N) is 2. The van der Waals surface area contributed by atoms with E-state index in [1.807, 2.05) is 6.92 Å². The van der Waals surface area contributed by atoms with Gasteiger partial charge in [0.25, 0.3) is 11.8 Å². The Balaban J connectivity index is 1.44. The van der Waals surface area contributed by atoms with Crippen LogP contribution in [0.5, 0.6) is 0 Å². The molecule has 0 atom stereocenters. The topological polar surface area (TPSA) is 78.5 Å². The molecule has 0 aromatic heterocycles. The van der Waals surface area contributed by atoms with E-state index in [1.54, 1.807) is 42.5 Å². The third-order valence-electron chi connectivity index (χ3n) is 5.18. The quantitative estimate of drug-likeness (QED) is 0.446. The average molecular weight is 498 g/mol. The van der Waals surface area contributed by atoms with Gasteiger partial charge in [0.2, 0.25) is 5.91 Å². The van der Waals surface area contributed by atoms with Crippen LogP contribution in [0.3, 0.4) is 0 Å². The first-order chi connectivity index (χ1) is 16.2. The van der Waals surface area contributed by atoms with Gasteiger partial charge in [0.15, 0.2) is 0 Å². The number of amides is 3. The lowest BCUT2D eigenvalue weighted by Gasteiger charge is -2.16. The van der Waals surface area contributed by atoms with Crippen molar-refractivity contribution < 1.29 is 18.8 Å². The molecule has 1 aliphatic rings. The number of imide groups is 1. The minimum atomic E-state index is -0.657. The predicted octanol–water partition coefficient (Wildman–Crippen LogP) is 5.40. The maximum atomic E-state index is 13.7. The maximum Gasteiger partial charge on any atom is 0.283 e. The second-order valence-electron chi connectivity index (χ2n) is 7.59. The van der Waals surface area contributed by atoms with Gasteiger partial charge in [-0.2, -0.15) is 0 Å². The molecule has 6 nitrogen and oxygen atoms in total. The van der Waals surface area contributed by atoms with Crippen LogP contribution in [0.25, 0.3) is 0 Å². The Morgan fingerprint density at radius 1 is 0.971 bits per heavy atom. The van der Waals surface area contributed by atoms with E-state index in [0.29, 0.717) is 22.0 Å². The molecule has 9 heteroatoms. The summed E-state index contributed by atoms with van der Waals surface area (Å²) in [6.07, 6.45) is 0.0252. The van der Waals surface area contributed by atoms with E-state index >= 15 is 0 Å². The highest BCUT2D eigenvalue weighted by molar-refractivity contribution is 6.53. The number of carbonyl (C=O) groups excluding carboxylic acids is 3. The Morgan fingerprint density at radius 2 is 1.68 bits per heavy atom. The summed E-state index contributed by atoms with van der Waals surface area (Å²) in [6, 6.07) is 17.4. The number of aryl methyl sites for hydroxylation is 1. The van der Waals surface area contributed by atoms with Crippen LogP contribution in [-0.2, 0) is 20.8 Å². The van der Waals surface area contributed by atoms with Gasteiger partial charge >= 0.3 is 0 Å². The minimum absolute atomic E-state index is 0.0252. The summed E-state index contributed by atoms with van der Waals surface area (Å²) in [4.78, 5) is 38.7. The molecule has 3 aromatic carbocycles. The Hall–Kier alpha value is -3.68. The molecule has 0 bridgehead atoms. The number of hydrogen-bond donors (Lipinski definition) is 2. The summed E-state index contributed by atoms with van der Waals surface area (Å²) in [7, 11) is 0. The second-order valence-corrected chi connectivity index (χ2v) is 8.38. The van der Waals surface area contributed by atoms with E-state index in [1.165, 1.54) is 24.3 Å². The van der Waals surface area contributed by atoms with Crippen molar-refractivity contribution in [1.82, 2.24) is 0 Å². The van der Waals surface area contributed by atoms with Crippen molar-refractivity contribution in [2.45, 2.75) is 13.3 Å². The molecular weight excluding hydrogens is 480 g/mol. The van der Waals surface area contributed by atoms with E-state index in [9.17, 15) is 18.8 Å². The van der Waals surface area contributed by atoms with Gasteiger partial charge in [-0.25, -0.2) is 9.29 Å². The highest BCUT2D eigenvalue weighted by Gasteiger charge is 2.39. The molecule has 0 unspecified atom stereocenters. The summed E-state index contributed by atoms with van der Waals surface area (Å²) < 4.78 is 13.7. The van der Waals surface area contributed by atoms with Gasteiger partial charge in [-0.3, -0.25) is 14.4 Å². The van der Waals surface area contributed by atoms with Crippen molar-refractivity contribution in [2.75, 3.05) is 15.5 Å². The Morgan fingerprint density at radius 3 is 2.35 bits per heavy atom. The Kier molecular flexibility index (Phi) is 6.68. The first-order valence-electron chi connectivity index (χ1n) is 10.2. The SMILES string of the molecule is Cc1ccc(N2C(=O)C(Cl)=C(Nc3ccc(CC(=O)Nc4ccccc4F)cc3)C2=O)cc1Cl. The molecule has 0 aliphatic carbocycles. The van der Waals surface area contributed by atoms with E-state index in [4.69, 9.17) is 23.2 Å². The van der Waals surface area contributed by atoms with Crippen LogP contribution in [0.1, 0.15) is 11.1 Å². The molecule has 0 radical (unpaired) electrons. The van der Waals surface area contributed by atoms with Crippen LogP contribution in [0.2, 0.25) is 5.02 Å². The number of anilines is 3. The Labute approximate surface area is 205 Å². The zero-order valence-electron chi connectivity index (χ0n) is 17.9. The summed E-state index contributed by atoms with van der Waals surface area (Å²) >= 11 is 12.3. The molecule has 0 fully saturated rings. The molecule has 172 valence electrons. The van der Waals surface area contributed by atoms with Gasteiger partial charge in [0, 0.05) is 10.7 Å². The highest BCUT2D eigenvalue weighted by atomic mass is 35.5. The van der Waals surface area contributed by atoms with Gasteiger partial charge < -0.3 is 10.6 Å². The van der Waals surface area contributed by atoms with Crippen LogP contribution >= 0.6 is 23.2 Å². The Bertz CT molecular complexity index is 1340. The maximum absolute atomic E-state index is 13.7. The zero-order valence-corrected chi connectivity index (χ0v) is 19.4. The molecular formula is C25H18Cl2FN3O3.